The molecule has 1 atom stereocenters. The Morgan fingerprint density at radius 2 is 2.07 bits per heavy atom. The number of benzene rings is 1. The second kappa shape index (κ2) is 5.83. The van der Waals surface area contributed by atoms with E-state index in [2.05, 4.69) is 0 Å². The van der Waals surface area contributed by atoms with Gasteiger partial charge in [0.15, 0.2) is 0 Å². The fourth-order valence-corrected chi connectivity index (χ4v) is 2.02. The Morgan fingerprint density at radius 3 is 2.64 bits per heavy atom. The van der Waals surface area contributed by atoms with Gasteiger partial charge >= 0.3 is 0 Å². The summed E-state index contributed by atoms with van der Waals surface area (Å²) in [5.74, 6) is 0.954. The van der Waals surface area contributed by atoms with E-state index in [-0.39, 0.29) is 11.8 Å². The molecule has 2 N–H and O–H groups in total. The monoisotopic (exact) mass is 209 g/mol. The first kappa shape index (κ1) is 11.3. The molecule has 0 aliphatic rings. The molecule has 2 nitrogen and oxygen atoms in total. The van der Waals surface area contributed by atoms with Crippen LogP contribution in [0.25, 0.3) is 0 Å². The van der Waals surface area contributed by atoms with Gasteiger partial charge in [-0.3, -0.25) is 4.79 Å². The summed E-state index contributed by atoms with van der Waals surface area (Å²) < 4.78 is 0. The third kappa shape index (κ3) is 4.44. The van der Waals surface area contributed by atoms with E-state index in [9.17, 15) is 4.79 Å². The molecule has 0 heterocycles. The Labute approximate surface area is 88.9 Å². The minimum Gasteiger partial charge on any atom is -0.327 e. The van der Waals surface area contributed by atoms with Crippen LogP contribution in [0.15, 0.2) is 35.2 Å². The fraction of sp³-hybridized carbons (Fsp3) is 0.364. The van der Waals surface area contributed by atoms with Crippen molar-refractivity contribution < 1.29 is 4.79 Å². The lowest BCUT2D eigenvalue weighted by atomic mass is 10.2. The number of thioether (sulfide) groups is 1. The van der Waals surface area contributed by atoms with Gasteiger partial charge in [-0.25, -0.2) is 0 Å². The zero-order valence-electron chi connectivity index (χ0n) is 8.27. The Bertz CT molecular complexity index is 287. The molecule has 0 aromatic heterocycles. The van der Waals surface area contributed by atoms with Gasteiger partial charge in [-0.05, 0) is 19.1 Å². The van der Waals surface area contributed by atoms with Crippen molar-refractivity contribution in [2.75, 3.05) is 5.75 Å². The van der Waals surface area contributed by atoms with Crippen LogP contribution in [-0.4, -0.2) is 17.6 Å². The van der Waals surface area contributed by atoms with Crippen LogP contribution in [0.2, 0.25) is 0 Å². The van der Waals surface area contributed by atoms with Gasteiger partial charge in [-0.15, -0.1) is 11.8 Å². The lowest BCUT2D eigenvalue weighted by molar-refractivity contribution is -0.117. The summed E-state index contributed by atoms with van der Waals surface area (Å²) in [6, 6.07) is 10.0. The van der Waals surface area contributed by atoms with E-state index in [4.69, 9.17) is 5.73 Å². The summed E-state index contributed by atoms with van der Waals surface area (Å²) in [5.41, 5.74) is 5.78. The predicted molar refractivity (Wildman–Crippen MR) is 60.4 cm³/mol. The highest BCUT2D eigenvalue weighted by Crippen LogP contribution is 2.17. The van der Waals surface area contributed by atoms with Gasteiger partial charge in [-0.2, -0.15) is 0 Å². The molecular formula is C11H15NOS. The zero-order valence-corrected chi connectivity index (χ0v) is 9.09. The zero-order chi connectivity index (χ0) is 10.4. The molecular weight excluding hydrogens is 194 g/mol. The van der Waals surface area contributed by atoms with Crippen LogP contribution in [0.3, 0.4) is 0 Å². The molecule has 14 heavy (non-hydrogen) atoms. The summed E-state index contributed by atoms with van der Waals surface area (Å²) in [5, 5.41) is 0. The molecule has 1 rings (SSSR count). The summed E-state index contributed by atoms with van der Waals surface area (Å²) in [6.07, 6.45) is 0.472. The van der Waals surface area contributed by atoms with Crippen LogP contribution in [0.1, 0.15) is 13.3 Å². The third-order valence-electron chi connectivity index (χ3n) is 1.76. The van der Waals surface area contributed by atoms with Crippen LogP contribution in [0, 0.1) is 0 Å². The predicted octanol–water partition coefficient (Wildman–Crippen LogP) is 2.09. The Kier molecular flexibility index (Phi) is 4.70. The number of carbonyl (C=O) groups excluding carboxylic acids is 1. The molecule has 0 unspecified atom stereocenters. The van der Waals surface area contributed by atoms with E-state index in [1.807, 2.05) is 30.3 Å². The van der Waals surface area contributed by atoms with Crippen LogP contribution in [0.5, 0.6) is 0 Å². The number of hydrogen-bond donors (Lipinski definition) is 1. The molecule has 0 fully saturated rings. The molecule has 0 aliphatic heterocycles. The van der Waals surface area contributed by atoms with Crippen molar-refractivity contribution >= 4 is 17.5 Å². The molecule has 0 saturated heterocycles. The highest BCUT2D eigenvalue weighted by Gasteiger charge is 2.05. The molecule has 0 radical (unpaired) electrons. The first-order chi connectivity index (χ1) is 6.68. The average Bonchev–Trinajstić information content (AvgIpc) is 2.15. The molecule has 0 saturated carbocycles. The quantitative estimate of drug-likeness (QED) is 0.755. The summed E-state index contributed by atoms with van der Waals surface area (Å²) >= 11 is 1.69. The fourth-order valence-electron chi connectivity index (χ4n) is 1.15. The van der Waals surface area contributed by atoms with Crippen molar-refractivity contribution in [1.82, 2.24) is 0 Å². The maximum absolute atomic E-state index is 10.8. The van der Waals surface area contributed by atoms with E-state index >= 15 is 0 Å². The minimum atomic E-state index is -0.0299. The van der Waals surface area contributed by atoms with Crippen molar-refractivity contribution in [3.63, 3.8) is 0 Å². The van der Waals surface area contributed by atoms with E-state index in [1.54, 1.807) is 18.7 Å². The second-order valence-corrected chi connectivity index (χ2v) is 4.38. The first-order valence-corrected chi connectivity index (χ1v) is 5.60. The second-order valence-electron chi connectivity index (χ2n) is 3.29. The van der Waals surface area contributed by atoms with E-state index in [0.29, 0.717) is 6.42 Å². The topological polar surface area (TPSA) is 43.1 Å². The minimum absolute atomic E-state index is 0.0299. The summed E-state index contributed by atoms with van der Waals surface area (Å²) in [6.45, 7) is 1.58. The highest BCUT2D eigenvalue weighted by molar-refractivity contribution is 7.99. The van der Waals surface area contributed by atoms with Gasteiger partial charge in [0, 0.05) is 23.1 Å². The van der Waals surface area contributed by atoms with Gasteiger partial charge < -0.3 is 5.73 Å². The molecule has 0 bridgehead atoms. The molecule has 0 amide bonds. The van der Waals surface area contributed by atoms with Crippen LogP contribution in [0.4, 0.5) is 0 Å². The van der Waals surface area contributed by atoms with E-state index in [1.165, 1.54) is 4.90 Å². The van der Waals surface area contributed by atoms with Gasteiger partial charge in [-0.1, -0.05) is 18.2 Å². The maximum atomic E-state index is 10.8. The lowest BCUT2D eigenvalue weighted by Crippen LogP contribution is -2.25. The highest BCUT2D eigenvalue weighted by atomic mass is 32.2. The number of rotatable bonds is 5. The third-order valence-corrected chi connectivity index (χ3v) is 2.96. The van der Waals surface area contributed by atoms with Crippen molar-refractivity contribution in [2.24, 2.45) is 5.73 Å². The van der Waals surface area contributed by atoms with E-state index < -0.39 is 0 Å². The van der Waals surface area contributed by atoms with Crippen molar-refractivity contribution in [3.05, 3.63) is 30.3 Å². The van der Waals surface area contributed by atoms with Crippen molar-refractivity contribution in [1.29, 1.82) is 0 Å². The lowest BCUT2D eigenvalue weighted by Gasteiger charge is -2.08. The molecule has 0 spiro atoms. The number of ketones is 1. The molecule has 1 aromatic rings. The molecule has 76 valence electrons. The maximum Gasteiger partial charge on any atom is 0.131 e. The van der Waals surface area contributed by atoms with Crippen LogP contribution >= 0.6 is 11.8 Å². The number of nitrogens with two attached hydrogens (primary N) is 1. The molecule has 0 aliphatic carbocycles. The number of carbonyl (C=O) groups is 1. The van der Waals surface area contributed by atoms with Crippen LogP contribution < -0.4 is 5.73 Å². The molecule has 1 aromatic carbocycles. The van der Waals surface area contributed by atoms with Crippen molar-refractivity contribution in [3.8, 4) is 0 Å². The van der Waals surface area contributed by atoms with Gasteiger partial charge in [0.1, 0.15) is 5.78 Å². The van der Waals surface area contributed by atoms with Gasteiger partial charge in [0.25, 0.3) is 0 Å². The number of hydrogen-bond acceptors (Lipinski definition) is 3. The average molecular weight is 209 g/mol. The SMILES string of the molecule is CC(=O)C[C@@H](N)CSc1ccccc1. The van der Waals surface area contributed by atoms with E-state index in [0.717, 1.165) is 5.75 Å². The largest absolute Gasteiger partial charge is 0.327 e. The van der Waals surface area contributed by atoms with Gasteiger partial charge in [0.2, 0.25) is 0 Å². The Morgan fingerprint density at radius 1 is 1.43 bits per heavy atom. The molecule has 3 heteroatoms. The number of Topliss-reactive ketones (excluding diaryl/α,β-unsaturated/α-hetero) is 1. The standard InChI is InChI=1S/C11H15NOS/c1-9(13)7-10(12)8-14-11-5-3-2-4-6-11/h2-6,10H,7-8,12H2,1H3/t10-/m1/s1. The summed E-state index contributed by atoms with van der Waals surface area (Å²) in [4.78, 5) is 12.0. The first-order valence-electron chi connectivity index (χ1n) is 4.61. The Balaban J connectivity index is 2.30. The smallest absolute Gasteiger partial charge is 0.131 e. The van der Waals surface area contributed by atoms with Gasteiger partial charge in [0.05, 0.1) is 0 Å². The van der Waals surface area contributed by atoms with Crippen LogP contribution in [-0.2, 0) is 4.79 Å². The summed E-state index contributed by atoms with van der Waals surface area (Å²) in [7, 11) is 0. The normalized spacial score (nSPS) is 12.4. The van der Waals surface area contributed by atoms with Crippen molar-refractivity contribution in [2.45, 2.75) is 24.3 Å². The Hall–Kier alpha value is -0.800.